The molecule has 0 saturated carbocycles. The Morgan fingerprint density at radius 3 is 2.15 bits per heavy atom. The molecule has 0 atom stereocenters. The lowest BCUT2D eigenvalue weighted by Gasteiger charge is -2.17. The smallest absolute Gasteiger partial charge is 0.227 e. The van der Waals surface area contributed by atoms with E-state index in [9.17, 15) is 9.59 Å². The van der Waals surface area contributed by atoms with Crippen molar-refractivity contribution in [2.75, 3.05) is 5.32 Å². The van der Waals surface area contributed by atoms with Crippen LogP contribution in [0.25, 0.3) is 0 Å². The van der Waals surface area contributed by atoms with Gasteiger partial charge in [0.1, 0.15) is 10.7 Å². The van der Waals surface area contributed by atoms with Crippen molar-refractivity contribution in [1.82, 2.24) is 9.97 Å². The van der Waals surface area contributed by atoms with Crippen molar-refractivity contribution >= 4 is 29.1 Å². The molecule has 0 unspecified atom stereocenters. The zero-order valence-electron chi connectivity index (χ0n) is 10.1. The van der Waals surface area contributed by atoms with Crippen molar-refractivity contribution in [1.29, 1.82) is 0 Å². The van der Waals surface area contributed by atoms with E-state index >= 15 is 0 Å². The van der Waals surface area contributed by atoms with Crippen molar-refractivity contribution in [3.8, 4) is 0 Å². The lowest BCUT2D eigenvalue weighted by Crippen LogP contribution is -2.24. The van der Waals surface area contributed by atoms with E-state index in [1.54, 1.807) is 30.3 Å². The molecule has 1 aromatic carbocycles. The minimum Gasteiger partial charge on any atom is -0.319 e. The van der Waals surface area contributed by atoms with Gasteiger partial charge in [-0.2, -0.15) is 0 Å². The van der Waals surface area contributed by atoms with E-state index in [-0.39, 0.29) is 28.2 Å². The molecule has 1 aliphatic carbocycles. The van der Waals surface area contributed by atoms with Gasteiger partial charge in [-0.1, -0.05) is 35.9 Å². The first-order valence-corrected chi connectivity index (χ1v) is 6.18. The topological polar surface area (TPSA) is 72.0 Å². The van der Waals surface area contributed by atoms with Crippen LogP contribution in [0, 0.1) is 0 Å². The fraction of sp³-hybridized carbons (Fsp3) is 0. The molecule has 5 nitrogen and oxygen atoms in total. The Balaban J connectivity index is 2.06. The van der Waals surface area contributed by atoms with Crippen LogP contribution in [0.4, 0.5) is 5.95 Å². The maximum Gasteiger partial charge on any atom is 0.227 e. The molecule has 20 heavy (non-hydrogen) atoms. The molecule has 2 aromatic rings. The monoisotopic (exact) mass is 285 g/mol. The molecule has 6 heteroatoms. The molecule has 0 bridgehead atoms. The van der Waals surface area contributed by atoms with Crippen LogP contribution >= 0.6 is 11.6 Å². The lowest BCUT2D eigenvalue weighted by molar-refractivity contribution is 0.0982. The summed E-state index contributed by atoms with van der Waals surface area (Å²) in [5, 5.41) is 2.56. The number of carbonyl (C=O) groups is 2. The van der Waals surface area contributed by atoms with Gasteiger partial charge in [-0.05, 0) is 6.07 Å². The third-order valence-electron chi connectivity index (χ3n) is 2.86. The van der Waals surface area contributed by atoms with Gasteiger partial charge in [0, 0.05) is 23.5 Å². The van der Waals surface area contributed by atoms with E-state index < -0.39 is 0 Å². The highest BCUT2D eigenvalue weighted by atomic mass is 35.5. The molecule has 3 rings (SSSR count). The first-order valence-electron chi connectivity index (χ1n) is 5.80. The molecule has 0 aliphatic heterocycles. The Bertz CT molecular complexity index is 741. The Kier molecular flexibility index (Phi) is 3.04. The molecule has 1 aromatic heterocycles. The molecule has 0 radical (unpaired) electrons. The summed E-state index contributed by atoms with van der Waals surface area (Å²) in [5.41, 5.74) is 0.629. The number of aromatic nitrogens is 2. The summed E-state index contributed by atoms with van der Waals surface area (Å²) in [4.78, 5) is 32.4. The van der Waals surface area contributed by atoms with Crippen LogP contribution in [-0.2, 0) is 0 Å². The standard InChI is InChI=1S/C14H8ClN3O2/c15-10-11(18-14-16-6-3-7-17-14)13(20)9-5-2-1-4-8(9)12(10)19/h1-7H,(H,16,17,18). The quantitative estimate of drug-likeness (QED) is 0.917. The molecule has 0 fully saturated rings. The van der Waals surface area contributed by atoms with Crippen LogP contribution in [0.5, 0.6) is 0 Å². The van der Waals surface area contributed by atoms with E-state index in [4.69, 9.17) is 11.6 Å². The number of allylic oxidation sites excluding steroid dienone is 2. The van der Waals surface area contributed by atoms with Gasteiger partial charge in [0.15, 0.2) is 0 Å². The Hall–Kier alpha value is -2.53. The van der Waals surface area contributed by atoms with Gasteiger partial charge in [0.05, 0.1) is 0 Å². The number of anilines is 1. The lowest BCUT2D eigenvalue weighted by atomic mass is 9.92. The number of nitrogens with one attached hydrogen (secondary N) is 1. The van der Waals surface area contributed by atoms with Gasteiger partial charge in [0.25, 0.3) is 0 Å². The van der Waals surface area contributed by atoms with Crippen molar-refractivity contribution in [3.63, 3.8) is 0 Å². The van der Waals surface area contributed by atoms with E-state index in [0.717, 1.165) is 0 Å². The van der Waals surface area contributed by atoms with Gasteiger partial charge < -0.3 is 5.32 Å². The maximum absolute atomic E-state index is 12.4. The highest BCUT2D eigenvalue weighted by Gasteiger charge is 2.31. The van der Waals surface area contributed by atoms with Crippen LogP contribution in [0.1, 0.15) is 20.7 Å². The van der Waals surface area contributed by atoms with Gasteiger partial charge >= 0.3 is 0 Å². The summed E-state index contributed by atoms with van der Waals surface area (Å²) in [5.74, 6) is -0.529. The number of ketones is 2. The average Bonchev–Trinajstić information content (AvgIpc) is 2.50. The fourth-order valence-corrected chi connectivity index (χ4v) is 2.17. The molecule has 98 valence electrons. The summed E-state index contributed by atoms with van der Waals surface area (Å²) < 4.78 is 0. The zero-order chi connectivity index (χ0) is 14.1. The minimum atomic E-state index is -0.389. The fourth-order valence-electron chi connectivity index (χ4n) is 1.93. The second-order valence-corrected chi connectivity index (χ2v) is 4.47. The second kappa shape index (κ2) is 4.86. The largest absolute Gasteiger partial charge is 0.319 e. The SMILES string of the molecule is O=C1C(Cl)=C(Nc2ncccn2)C(=O)c2ccccc21. The van der Waals surface area contributed by atoms with Crippen LogP contribution < -0.4 is 5.32 Å². The summed E-state index contributed by atoms with van der Waals surface area (Å²) >= 11 is 6.00. The number of carbonyl (C=O) groups excluding carboxylic acids is 2. The van der Waals surface area contributed by atoms with Crippen molar-refractivity contribution in [2.45, 2.75) is 0 Å². The van der Waals surface area contributed by atoms with Crippen LogP contribution in [-0.4, -0.2) is 21.5 Å². The highest BCUT2D eigenvalue weighted by molar-refractivity contribution is 6.50. The molecule has 0 spiro atoms. The summed E-state index contributed by atoms with van der Waals surface area (Å²) in [7, 11) is 0. The number of benzene rings is 1. The summed E-state index contributed by atoms with van der Waals surface area (Å²) in [6, 6.07) is 8.19. The molecule has 1 aliphatic rings. The number of nitrogens with zero attached hydrogens (tertiary/aromatic N) is 2. The highest BCUT2D eigenvalue weighted by Crippen LogP contribution is 2.28. The zero-order valence-corrected chi connectivity index (χ0v) is 10.9. The van der Waals surface area contributed by atoms with Gasteiger partial charge in [-0.25, -0.2) is 9.97 Å². The Labute approximate surface area is 119 Å². The predicted molar refractivity (Wildman–Crippen MR) is 73.6 cm³/mol. The average molecular weight is 286 g/mol. The van der Waals surface area contributed by atoms with E-state index in [0.29, 0.717) is 11.1 Å². The van der Waals surface area contributed by atoms with Crippen LogP contribution in [0.15, 0.2) is 53.5 Å². The number of Topliss-reactive ketones (excluding diaryl/α,β-unsaturated/α-hetero) is 2. The minimum absolute atomic E-state index is 0.00145. The molecule has 1 N–H and O–H groups in total. The first-order chi connectivity index (χ1) is 9.68. The van der Waals surface area contributed by atoms with Gasteiger partial charge in [-0.3, -0.25) is 9.59 Å². The molecule has 0 amide bonds. The third kappa shape index (κ3) is 1.98. The Morgan fingerprint density at radius 2 is 1.50 bits per heavy atom. The van der Waals surface area contributed by atoms with Gasteiger partial charge in [-0.15, -0.1) is 0 Å². The Morgan fingerprint density at radius 1 is 0.900 bits per heavy atom. The number of hydrogen-bond donors (Lipinski definition) is 1. The molecular formula is C14H8ClN3O2. The summed E-state index contributed by atoms with van der Waals surface area (Å²) in [6.45, 7) is 0. The van der Waals surface area contributed by atoms with E-state index in [2.05, 4.69) is 15.3 Å². The van der Waals surface area contributed by atoms with Crippen LogP contribution in [0.2, 0.25) is 0 Å². The van der Waals surface area contributed by atoms with Crippen molar-refractivity contribution in [3.05, 3.63) is 64.6 Å². The van der Waals surface area contributed by atoms with Crippen molar-refractivity contribution in [2.24, 2.45) is 0 Å². The number of fused-ring (bicyclic) bond motifs is 1. The van der Waals surface area contributed by atoms with Crippen LogP contribution in [0.3, 0.4) is 0 Å². The number of hydrogen-bond acceptors (Lipinski definition) is 5. The first kappa shape index (κ1) is 12.5. The second-order valence-electron chi connectivity index (χ2n) is 4.09. The predicted octanol–water partition coefficient (Wildman–Crippen LogP) is 2.42. The summed E-state index contributed by atoms with van der Waals surface area (Å²) in [6.07, 6.45) is 3.04. The molecule has 1 heterocycles. The number of halogens is 1. The molecular weight excluding hydrogens is 278 g/mol. The van der Waals surface area contributed by atoms with E-state index in [1.807, 2.05) is 0 Å². The third-order valence-corrected chi connectivity index (χ3v) is 3.23. The number of rotatable bonds is 2. The maximum atomic E-state index is 12.4. The normalized spacial score (nSPS) is 14.2. The van der Waals surface area contributed by atoms with Crippen molar-refractivity contribution < 1.29 is 9.59 Å². The molecule has 0 saturated heterocycles. The van der Waals surface area contributed by atoms with E-state index in [1.165, 1.54) is 12.4 Å². The van der Waals surface area contributed by atoms with Gasteiger partial charge in [0.2, 0.25) is 17.5 Å².